The normalized spacial score (nSPS) is 15.6. The Morgan fingerprint density at radius 1 is 1.28 bits per heavy atom. The third-order valence-corrected chi connectivity index (χ3v) is 3.40. The third-order valence-electron chi connectivity index (χ3n) is 3.40. The molecule has 1 aliphatic rings. The van der Waals surface area contributed by atoms with Crippen LogP contribution < -0.4 is 10.1 Å². The van der Waals surface area contributed by atoms with Crippen molar-refractivity contribution in [1.29, 1.82) is 0 Å². The van der Waals surface area contributed by atoms with Crippen LogP contribution in [0, 0.1) is 13.8 Å². The summed E-state index contributed by atoms with van der Waals surface area (Å²) in [5, 5.41) is 2.23. The Morgan fingerprint density at radius 2 is 2.00 bits per heavy atom. The largest absolute Gasteiger partial charge is 0.484 e. The predicted molar refractivity (Wildman–Crippen MR) is 69.7 cm³/mol. The molecule has 4 heteroatoms. The molecule has 1 aliphatic heterocycles. The lowest BCUT2D eigenvalue weighted by Crippen LogP contribution is -2.90. The molecular weight excluding hydrogens is 228 g/mol. The molecule has 0 unspecified atom stereocenters. The van der Waals surface area contributed by atoms with Crippen LogP contribution in [0.25, 0.3) is 0 Å². The highest BCUT2D eigenvalue weighted by molar-refractivity contribution is 5.77. The van der Waals surface area contributed by atoms with Gasteiger partial charge in [0.25, 0.3) is 5.91 Å². The van der Waals surface area contributed by atoms with Crippen molar-refractivity contribution in [3.8, 4) is 5.75 Å². The number of quaternary nitrogens is 1. The lowest BCUT2D eigenvalue weighted by molar-refractivity contribution is -0.662. The van der Waals surface area contributed by atoms with Gasteiger partial charge in [0.15, 0.2) is 6.61 Å². The smallest absolute Gasteiger partial charge is 0.260 e. The van der Waals surface area contributed by atoms with Crippen LogP contribution in [0.1, 0.15) is 11.1 Å². The number of benzene rings is 1. The van der Waals surface area contributed by atoms with Gasteiger partial charge in [-0.2, -0.15) is 0 Å². The van der Waals surface area contributed by atoms with Crippen molar-refractivity contribution in [3.05, 3.63) is 29.3 Å². The highest BCUT2D eigenvalue weighted by Gasteiger charge is 2.18. The van der Waals surface area contributed by atoms with E-state index in [4.69, 9.17) is 4.74 Å². The fraction of sp³-hybridized carbons (Fsp3) is 0.500. The summed E-state index contributed by atoms with van der Waals surface area (Å²) in [6.07, 6.45) is 0. The van der Waals surface area contributed by atoms with Gasteiger partial charge in [0, 0.05) is 0 Å². The zero-order valence-corrected chi connectivity index (χ0v) is 11.1. The van der Waals surface area contributed by atoms with Crippen molar-refractivity contribution in [1.82, 2.24) is 4.90 Å². The molecule has 2 N–H and O–H groups in total. The molecule has 4 nitrogen and oxygen atoms in total. The molecule has 0 bridgehead atoms. The Morgan fingerprint density at radius 3 is 2.67 bits per heavy atom. The molecule has 0 aliphatic carbocycles. The van der Waals surface area contributed by atoms with E-state index in [-0.39, 0.29) is 12.5 Å². The topological polar surface area (TPSA) is 46.1 Å². The van der Waals surface area contributed by atoms with E-state index in [2.05, 4.69) is 12.2 Å². The van der Waals surface area contributed by atoms with Crippen molar-refractivity contribution in [2.75, 3.05) is 32.8 Å². The van der Waals surface area contributed by atoms with Gasteiger partial charge in [-0.15, -0.1) is 0 Å². The Hall–Kier alpha value is -1.55. The van der Waals surface area contributed by atoms with Gasteiger partial charge in [0.05, 0.1) is 26.2 Å². The van der Waals surface area contributed by atoms with Crippen LogP contribution in [0.2, 0.25) is 0 Å². The number of rotatable bonds is 3. The number of ether oxygens (including phenoxy) is 1. The first-order chi connectivity index (χ1) is 8.66. The summed E-state index contributed by atoms with van der Waals surface area (Å²) in [5.74, 6) is 0.858. The van der Waals surface area contributed by atoms with Crippen LogP contribution in [0.3, 0.4) is 0 Å². The highest BCUT2D eigenvalue weighted by atomic mass is 16.5. The van der Waals surface area contributed by atoms with Gasteiger partial charge >= 0.3 is 0 Å². The zero-order chi connectivity index (χ0) is 13.0. The van der Waals surface area contributed by atoms with Gasteiger partial charge in [-0.1, -0.05) is 6.07 Å². The number of nitrogens with two attached hydrogens (primary N) is 1. The summed E-state index contributed by atoms with van der Waals surface area (Å²) >= 11 is 0. The predicted octanol–water partition coefficient (Wildman–Crippen LogP) is 0.0878. The zero-order valence-electron chi connectivity index (χ0n) is 11.1. The molecule has 0 aromatic heterocycles. The minimum Gasteiger partial charge on any atom is -0.484 e. The number of aryl methyl sites for hydroxylation is 2. The van der Waals surface area contributed by atoms with E-state index < -0.39 is 0 Å². The average molecular weight is 249 g/mol. The van der Waals surface area contributed by atoms with Crippen molar-refractivity contribution in [3.63, 3.8) is 0 Å². The van der Waals surface area contributed by atoms with Crippen molar-refractivity contribution < 1.29 is 14.8 Å². The Kier molecular flexibility index (Phi) is 4.20. The number of hydrogen-bond donors (Lipinski definition) is 1. The fourth-order valence-electron chi connectivity index (χ4n) is 2.04. The molecule has 0 saturated carbocycles. The summed E-state index contributed by atoms with van der Waals surface area (Å²) in [5.41, 5.74) is 2.42. The van der Waals surface area contributed by atoms with Gasteiger partial charge in [-0.25, -0.2) is 0 Å². The Bertz CT molecular complexity index is 426. The molecule has 1 saturated heterocycles. The Balaban J connectivity index is 1.86. The molecule has 0 radical (unpaired) electrons. The number of nitrogens with zero attached hydrogens (tertiary/aromatic N) is 1. The van der Waals surface area contributed by atoms with Gasteiger partial charge < -0.3 is 15.0 Å². The van der Waals surface area contributed by atoms with E-state index in [9.17, 15) is 4.79 Å². The van der Waals surface area contributed by atoms with Crippen molar-refractivity contribution in [2.45, 2.75) is 13.8 Å². The van der Waals surface area contributed by atoms with Gasteiger partial charge in [0.1, 0.15) is 5.75 Å². The van der Waals surface area contributed by atoms with E-state index in [0.717, 1.165) is 31.9 Å². The molecule has 0 spiro atoms. The maximum absolute atomic E-state index is 11.9. The molecule has 98 valence electrons. The Labute approximate surface area is 108 Å². The third kappa shape index (κ3) is 3.23. The van der Waals surface area contributed by atoms with Crippen LogP contribution in [0.5, 0.6) is 5.75 Å². The summed E-state index contributed by atoms with van der Waals surface area (Å²) in [4.78, 5) is 13.8. The molecule has 18 heavy (non-hydrogen) atoms. The van der Waals surface area contributed by atoms with Gasteiger partial charge in [0.2, 0.25) is 0 Å². The van der Waals surface area contributed by atoms with E-state index in [0.29, 0.717) is 0 Å². The lowest BCUT2D eigenvalue weighted by Gasteiger charge is -2.25. The molecule has 1 heterocycles. The maximum Gasteiger partial charge on any atom is 0.260 e. The molecular formula is C14H21N2O2+. The first-order valence-electron chi connectivity index (χ1n) is 6.46. The summed E-state index contributed by atoms with van der Waals surface area (Å²) in [6.45, 7) is 7.90. The molecule has 1 aromatic rings. The number of carbonyl (C=O) groups excluding carboxylic acids is 1. The number of piperazine rings is 1. The van der Waals surface area contributed by atoms with Crippen LogP contribution in [-0.2, 0) is 4.79 Å². The maximum atomic E-state index is 11.9. The first-order valence-corrected chi connectivity index (χ1v) is 6.46. The quantitative estimate of drug-likeness (QED) is 0.825. The summed E-state index contributed by atoms with van der Waals surface area (Å²) in [6, 6.07) is 5.91. The van der Waals surface area contributed by atoms with E-state index in [1.54, 1.807) is 0 Å². The van der Waals surface area contributed by atoms with Crippen molar-refractivity contribution >= 4 is 5.91 Å². The monoisotopic (exact) mass is 249 g/mol. The second-order valence-corrected chi connectivity index (χ2v) is 4.78. The number of hydrogen-bond acceptors (Lipinski definition) is 2. The van der Waals surface area contributed by atoms with E-state index in [1.807, 2.05) is 30.0 Å². The van der Waals surface area contributed by atoms with Crippen LogP contribution in [0.4, 0.5) is 0 Å². The number of amides is 1. The van der Waals surface area contributed by atoms with Crippen molar-refractivity contribution in [2.24, 2.45) is 0 Å². The number of carbonyl (C=O) groups is 1. The first kappa shape index (κ1) is 12.9. The molecule has 1 fully saturated rings. The van der Waals surface area contributed by atoms with Gasteiger partial charge in [-0.3, -0.25) is 4.79 Å². The van der Waals surface area contributed by atoms with Gasteiger partial charge in [-0.05, 0) is 37.1 Å². The van der Waals surface area contributed by atoms with E-state index in [1.165, 1.54) is 11.1 Å². The average Bonchev–Trinajstić information content (AvgIpc) is 2.41. The second-order valence-electron chi connectivity index (χ2n) is 4.78. The summed E-state index contributed by atoms with van der Waals surface area (Å²) in [7, 11) is 0. The van der Waals surface area contributed by atoms with Crippen LogP contribution >= 0.6 is 0 Å². The standard InChI is InChI=1S/C14H20N2O2/c1-11-3-4-13(9-12(11)2)18-10-14(17)16-7-5-15-6-8-16/h3-4,9,15H,5-8,10H2,1-2H3/p+1. The minimum atomic E-state index is 0.0846. The molecule has 1 amide bonds. The van der Waals surface area contributed by atoms with Crippen LogP contribution in [0.15, 0.2) is 18.2 Å². The summed E-state index contributed by atoms with van der Waals surface area (Å²) < 4.78 is 5.56. The van der Waals surface area contributed by atoms with E-state index >= 15 is 0 Å². The fourth-order valence-corrected chi connectivity index (χ4v) is 2.04. The second kappa shape index (κ2) is 5.87. The highest BCUT2D eigenvalue weighted by Crippen LogP contribution is 2.16. The molecule has 0 atom stereocenters. The SMILES string of the molecule is Cc1ccc(OCC(=O)N2CC[NH2+]CC2)cc1C. The van der Waals surface area contributed by atoms with Crippen LogP contribution in [-0.4, -0.2) is 43.6 Å². The molecule has 1 aromatic carbocycles. The molecule has 2 rings (SSSR count). The minimum absolute atomic E-state index is 0.0846. The lowest BCUT2D eigenvalue weighted by atomic mass is 10.1.